The number of aromatic nitrogens is 2. The Morgan fingerprint density at radius 1 is 1.39 bits per heavy atom. The molecule has 2 rings (SSSR count). The quantitative estimate of drug-likeness (QED) is 0.919. The fraction of sp³-hybridized carbons (Fsp3) is 0.154. The summed E-state index contributed by atoms with van der Waals surface area (Å²) < 4.78 is 0. The van der Waals surface area contributed by atoms with E-state index in [2.05, 4.69) is 21.4 Å². The molecule has 18 heavy (non-hydrogen) atoms. The van der Waals surface area contributed by atoms with Gasteiger partial charge >= 0.3 is 0 Å². The average molecular weight is 259 g/mol. The second kappa shape index (κ2) is 5.48. The Labute approximate surface area is 110 Å². The van der Waals surface area contributed by atoms with Crippen molar-refractivity contribution in [2.24, 2.45) is 0 Å². The van der Waals surface area contributed by atoms with Gasteiger partial charge in [-0.15, -0.1) is 0 Å². The van der Waals surface area contributed by atoms with E-state index in [9.17, 15) is 0 Å². The Bertz CT molecular complexity index is 577. The molecule has 0 spiro atoms. The number of nitrogens with zero attached hydrogens (tertiary/aromatic N) is 3. The lowest BCUT2D eigenvalue weighted by atomic mass is 10.2. The predicted octanol–water partition coefficient (Wildman–Crippen LogP) is 3.17. The summed E-state index contributed by atoms with van der Waals surface area (Å²) in [7, 11) is 0. The summed E-state index contributed by atoms with van der Waals surface area (Å²) in [6.07, 6.45) is 4.96. The van der Waals surface area contributed by atoms with Crippen LogP contribution in [-0.2, 0) is 0 Å². The number of nitriles is 1. The normalized spacial score (nSPS) is 11.6. The van der Waals surface area contributed by atoms with E-state index in [1.54, 1.807) is 36.8 Å². The summed E-state index contributed by atoms with van der Waals surface area (Å²) in [6, 6.07) is 7.14. The first-order valence-electron chi connectivity index (χ1n) is 5.43. The van der Waals surface area contributed by atoms with Crippen molar-refractivity contribution in [3.8, 4) is 6.07 Å². The standard InChI is InChI=1S/C13H11ClN4/c1-9(13-8-16-4-5-17-13)18-12-6-10(7-15)2-3-11(12)14/h2-6,8-9,18H,1H3. The summed E-state index contributed by atoms with van der Waals surface area (Å²) in [5.41, 5.74) is 2.10. The molecule has 0 amide bonds. The molecule has 4 nitrogen and oxygen atoms in total. The van der Waals surface area contributed by atoms with Gasteiger partial charge in [0.05, 0.1) is 40.3 Å². The highest BCUT2D eigenvalue weighted by Crippen LogP contribution is 2.26. The van der Waals surface area contributed by atoms with E-state index in [1.807, 2.05) is 6.92 Å². The lowest BCUT2D eigenvalue weighted by Crippen LogP contribution is -2.09. The van der Waals surface area contributed by atoms with Gasteiger partial charge in [0.25, 0.3) is 0 Å². The van der Waals surface area contributed by atoms with Crippen LogP contribution in [0.5, 0.6) is 0 Å². The van der Waals surface area contributed by atoms with Crippen LogP contribution in [0.1, 0.15) is 24.2 Å². The second-order valence-corrected chi connectivity index (χ2v) is 4.21. The molecule has 1 N–H and O–H groups in total. The maximum atomic E-state index is 8.86. The Hall–Kier alpha value is -2.12. The highest BCUT2D eigenvalue weighted by atomic mass is 35.5. The molecule has 2 aromatic rings. The van der Waals surface area contributed by atoms with Gasteiger partial charge in [0.1, 0.15) is 0 Å². The zero-order chi connectivity index (χ0) is 13.0. The summed E-state index contributed by atoms with van der Waals surface area (Å²) in [5, 5.41) is 12.7. The molecule has 0 saturated carbocycles. The third kappa shape index (κ3) is 2.76. The van der Waals surface area contributed by atoms with Crippen molar-refractivity contribution in [2.45, 2.75) is 13.0 Å². The van der Waals surface area contributed by atoms with Crippen molar-refractivity contribution in [3.05, 3.63) is 53.1 Å². The molecule has 0 aliphatic rings. The zero-order valence-corrected chi connectivity index (χ0v) is 10.5. The first kappa shape index (κ1) is 12.3. The molecule has 90 valence electrons. The predicted molar refractivity (Wildman–Crippen MR) is 70.2 cm³/mol. The summed E-state index contributed by atoms with van der Waals surface area (Å²) in [5.74, 6) is 0. The highest BCUT2D eigenvalue weighted by molar-refractivity contribution is 6.33. The van der Waals surface area contributed by atoms with Gasteiger partial charge in [-0.2, -0.15) is 5.26 Å². The van der Waals surface area contributed by atoms with Crippen LogP contribution in [-0.4, -0.2) is 9.97 Å². The maximum Gasteiger partial charge on any atom is 0.0992 e. The SMILES string of the molecule is CC(Nc1cc(C#N)ccc1Cl)c1cnccn1. The van der Waals surface area contributed by atoms with Crippen molar-refractivity contribution in [2.75, 3.05) is 5.32 Å². The Balaban J connectivity index is 2.22. The first-order chi connectivity index (χ1) is 8.70. The van der Waals surface area contributed by atoms with Crippen LogP contribution >= 0.6 is 11.6 Å². The van der Waals surface area contributed by atoms with E-state index in [4.69, 9.17) is 16.9 Å². The smallest absolute Gasteiger partial charge is 0.0992 e. The summed E-state index contributed by atoms with van der Waals surface area (Å²) >= 11 is 6.08. The van der Waals surface area contributed by atoms with Crippen LogP contribution in [0, 0.1) is 11.3 Å². The van der Waals surface area contributed by atoms with E-state index >= 15 is 0 Å². The lowest BCUT2D eigenvalue weighted by molar-refractivity contribution is 0.827. The minimum atomic E-state index is -0.0369. The van der Waals surface area contributed by atoms with Gasteiger partial charge in [-0.05, 0) is 25.1 Å². The monoisotopic (exact) mass is 258 g/mol. The molecular weight excluding hydrogens is 248 g/mol. The molecule has 1 heterocycles. The molecule has 1 aromatic heterocycles. The number of rotatable bonds is 3. The third-order valence-electron chi connectivity index (χ3n) is 2.49. The van der Waals surface area contributed by atoms with Gasteiger partial charge in [-0.25, -0.2) is 0 Å². The van der Waals surface area contributed by atoms with E-state index in [-0.39, 0.29) is 6.04 Å². The van der Waals surface area contributed by atoms with E-state index in [0.717, 1.165) is 5.69 Å². The van der Waals surface area contributed by atoms with Crippen molar-refractivity contribution in [3.63, 3.8) is 0 Å². The van der Waals surface area contributed by atoms with Crippen molar-refractivity contribution >= 4 is 17.3 Å². The topological polar surface area (TPSA) is 61.6 Å². The molecule has 1 unspecified atom stereocenters. The van der Waals surface area contributed by atoms with Gasteiger partial charge in [-0.1, -0.05) is 11.6 Å². The average Bonchev–Trinajstić information content (AvgIpc) is 2.42. The maximum absolute atomic E-state index is 8.86. The van der Waals surface area contributed by atoms with Crippen molar-refractivity contribution in [1.29, 1.82) is 5.26 Å². The Morgan fingerprint density at radius 3 is 2.89 bits per heavy atom. The number of hydrogen-bond acceptors (Lipinski definition) is 4. The summed E-state index contributed by atoms with van der Waals surface area (Å²) in [6.45, 7) is 1.96. The zero-order valence-electron chi connectivity index (χ0n) is 9.76. The van der Waals surface area contributed by atoms with Gasteiger partial charge in [0.2, 0.25) is 0 Å². The highest BCUT2D eigenvalue weighted by Gasteiger charge is 2.09. The molecule has 1 aromatic carbocycles. The van der Waals surface area contributed by atoms with Gasteiger partial charge in [0, 0.05) is 12.4 Å². The molecule has 1 atom stereocenters. The van der Waals surface area contributed by atoms with E-state index in [0.29, 0.717) is 16.3 Å². The summed E-state index contributed by atoms with van der Waals surface area (Å²) in [4.78, 5) is 8.23. The number of benzene rings is 1. The minimum absolute atomic E-state index is 0.0369. The molecule has 0 bridgehead atoms. The van der Waals surface area contributed by atoms with Crippen LogP contribution in [0.4, 0.5) is 5.69 Å². The Kier molecular flexibility index (Phi) is 3.75. The molecule has 0 aliphatic heterocycles. The second-order valence-electron chi connectivity index (χ2n) is 3.80. The fourth-order valence-electron chi connectivity index (χ4n) is 1.55. The number of halogens is 1. The number of hydrogen-bond donors (Lipinski definition) is 1. The van der Waals surface area contributed by atoms with Gasteiger partial charge < -0.3 is 5.32 Å². The van der Waals surface area contributed by atoms with Crippen molar-refractivity contribution in [1.82, 2.24) is 9.97 Å². The molecule has 0 aliphatic carbocycles. The lowest BCUT2D eigenvalue weighted by Gasteiger charge is -2.15. The van der Waals surface area contributed by atoms with E-state index in [1.165, 1.54) is 0 Å². The molecule has 0 saturated heterocycles. The van der Waals surface area contributed by atoms with Gasteiger partial charge in [-0.3, -0.25) is 9.97 Å². The van der Waals surface area contributed by atoms with Crippen LogP contribution < -0.4 is 5.32 Å². The molecule has 0 fully saturated rings. The van der Waals surface area contributed by atoms with Gasteiger partial charge in [0.15, 0.2) is 0 Å². The third-order valence-corrected chi connectivity index (χ3v) is 2.82. The van der Waals surface area contributed by atoms with E-state index < -0.39 is 0 Å². The first-order valence-corrected chi connectivity index (χ1v) is 5.80. The van der Waals surface area contributed by atoms with Crippen LogP contribution in [0.2, 0.25) is 5.02 Å². The van der Waals surface area contributed by atoms with Crippen LogP contribution in [0.15, 0.2) is 36.8 Å². The molecule has 0 radical (unpaired) electrons. The molecular formula is C13H11ClN4. The minimum Gasteiger partial charge on any atom is -0.376 e. The van der Waals surface area contributed by atoms with Crippen molar-refractivity contribution < 1.29 is 0 Å². The molecule has 5 heteroatoms. The fourth-order valence-corrected chi connectivity index (χ4v) is 1.72. The van der Waals surface area contributed by atoms with Crippen LogP contribution in [0.3, 0.4) is 0 Å². The Morgan fingerprint density at radius 2 is 2.22 bits per heavy atom. The number of anilines is 1. The largest absolute Gasteiger partial charge is 0.376 e. The van der Waals surface area contributed by atoms with Crippen LogP contribution in [0.25, 0.3) is 0 Å². The number of nitrogens with one attached hydrogen (secondary N) is 1.